The number of aromatic amines is 1. The maximum absolute atomic E-state index is 13.4. The number of nitrogens with one attached hydrogen (secondary N) is 2. The summed E-state index contributed by atoms with van der Waals surface area (Å²) in [4.78, 5) is 34.5. The summed E-state index contributed by atoms with van der Waals surface area (Å²) in [5.41, 5.74) is 2.88. The van der Waals surface area contributed by atoms with E-state index in [1.54, 1.807) is 18.5 Å². The van der Waals surface area contributed by atoms with E-state index in [-0.39, 0.29) is 5.92 Å². The summed E-state index contributed by atoms with van der Waals surface area (Å²) in [5.74, 6) is -0.654. The summed E-state index contributed by atoms with van der Waals surface area (Å²) in [6, 6.07) is 18.5. The van der Waals surface area contributed by atoms with Gasteiger partial charge in [0.2, 0.25) is 5.95 Å². The fourth-order valence-electron chi connectivity index (χ4n) is 4.11. The topological polar surface area (TPSA) is 98.3 Å². The maximum Gasteiger partial charge on any atom is 0.326 e. The number of H-pyrrole nitrogens is 1. The molecule has 4 aromatic rings. The van der Waals surface area contributed by atoms with Crippen LogP contribution in [0.1, 0.15) is 30.6 Å². The lowest BCUT2D eigenvalue weighted by atomic mass is 9.93. The molecule has 4 rings (SSSR count). The molecule has 1 aromatic heterocycles. The molecule has 1 amide bonds. The molecule has 0 bridgehead atoms. The van der Waals surface area contributed by atoms with Crippen LogP contribution in [0.3, 0.4) is 0 Å². The molecule has 1 heterocycles. The molecular formula is C27H28N4O3. The average molecular weight is 457 g/mol. The number of anilines is 2. The van der Waals surface area contributed by atoms with Gasteiger partial charge in [-0.15, -0.1) is 0 Å². The van der Waals surface area contributed by atoms with Gasteiger partial charge in [-0.3, -0.25) is 4.79 Å². The van der Waals surface area contributed by atoms with Crippen LogP contribution in [0.25, 0.3) is 21.9 Å². The molecule has 0 aliphatic heterocycles. The van der Waals surface area contributed by atoms with Crippen LogP contribution in [-0.2, 0) is 4.79 Å². The van der Waals surface area contributed by atoms with Gasteiger partial charge in [0.25, 0.3) is 5.91 Å². The smallest absolute Gasteiger partial charge is 0.326 e. The van der Waals surface area contributed by atoms with Crippen LogP contribution in [0.2, 0.25) is 0 Å². The Morgan fingerprint density at radius 1 is 1.06 bits per heavy atom. The van der Waals surface area contributed by atoms with Gasteiger partial charge in [-0.1, -0.05) is 56.3 Å². The monoisotopic (exact) mass is 456 g/mol. The average Bonchev–Trinajstić information content (AvgIpc) is 3.37. The van der Waals surface area contributed by atoms with Crippen molar-refractivity contribution in [3.63, 3.8) is 0 Å². The van der Waals surface area contributed by atoms with E-state index in [1.807, 2.05) is 80.4 Å². The van der Waals surface area contributed by atoms with Gasteiger partial charge in [0.1, 0.15) is 6.04 Å². The second-order valence-electron chi connectivity index (χ2n) is 8.72. The molecule has 34 heavy (non-hydrogen) atoms. The summed E-state index contributed by atoms with van der Waals surface area (Å²) < 4.78 is 0. The first-order valence-corrected chi connectivity index (χ1v) is 11.2. The van der Waals surface area contributed by atoms with E-state index in [4.69, 9.17) is 0 Å². The quantitative estimate of drug-likeness (QED) is 0.337. The minimum atomic E-state index is -1.04. The van der Waals surface area contributed by atoms with Crippen LogP contribution < -0.4 is 10.2 Å². The fourth-order valence-corrected chi connectivity index (χ4v) is 4.11. The lowest BCUT2D eigenvalue weighted by Crippen LogP contribution is -2.41. The van der Waals surface area contributed by atoms with E-state index in [2.05, 4.69) is 15.3 Å². The van der Waals surface area contributed by atoms with Gasteiger partial charge in [-0.05, 0) is 52.4 Å². The Labute approximate surface area is 198 Å². The van der Waals surface area contributed by atoms with Crippen molar-refractivity contribution in [3.05, 3.63) is 78.6 Å². The van der Waals surface area contributed by atoms with Gasteiger partial charge >= 0.3 is 5.97 Å². The zero-order chi connectivity index (χ0) is 24.2. The molecule has 3 aromatic carbocycles. The minimum Gasteiger partial charge on any atom is -0.480 e. The van der Waals surface area contributed by atoms with Gasteiger partial charge < -0.3 is 20.3 Å². The zero-order valence-electron chi connectivity index (χ0n) is 19.4. The Hall–Kier alpha value is -4.13. The number of hydrogen-bond donors (Lipinski definition) is 3. The highest BCUT2D eigenvalue weighted by atomic mass is 16.4. The van der Waals surface area contributed by atoms with Crippen molar-refractivity contribution in [2.75, 3.05) is 11.9 Å². The molecule has 0 radical (unpaired) electrons. The predicted octanol–water partition coefficient (Wildman–Crippen LogP) is 5.23. The van der Waals surface area contributed by atoms with Crippen molar-refractivity contribution < 1.29 is 14.7 Å². The molecule has 0 aliphatic carbocycles. The molecule has 0 saturated carbocycles. The Kier molecular flexibility index (Phi) is 6.63. The normalized spacial score (nSPS) is 12.0. The van der Waals surface area contributed by atoms with Crippen molar-refractivity contribution in [1.82, 2.24) is 15.3 Å². The van der Waals surface area contributed by atoms with Crippen LogP contribution in [0.4, 0.5) is 11.6 Å². The van der Waals surface area contributed by atoms with Gasteiger partial charge in [-0.2, -0.15) is 0 Å². The number of carbonyl (C=O) groups excluding carboxylic acids is 1. The number of carboxylic acids is 1. The van der Waals surface area contributed by atoms with Crippen LogP contribution in [0, 0.1) is 5.92 Å². The standard InChI is InChI=1S/C27H28N4O3/c1-17(2)15-24(26(33)34)30-25(32)22-12-11-19(31(3)27-28-13-14-29-27)16-23(22)21-10-6-8-18-7-4-5-9-20(18)21/h4-14,16-17,24H,15H2,1-3H3,(H,28,29)(H,30,32)(H,33,34). The number of carbonyl (C=O) groups is 2. The third kappa shape index (κ3) is 4.78. The molecule has 3 N–H and O–H groups in total. The highest BCUT2D eigenvalue weighted by molar-refractivity contribution is 6.07. The summed E-state index contributed by atoms with van der Waals surface area (Å²) in [6.07, 6.45) is 3.78. The maximum atomic E-state index is 13.4. The summed E-state index contributed by atoms with van der Waals surface area (Å²) >= 11 is 0. The van der Waals surface area contributed by atoms with Crippen molar-refractivity contribution in [3.8, 4) is 11.1 Å². The van der Waals surface area contributed by atoms with Crippen LogP contribution >= 0.6 is 0 Å². The Morgan fingerprint density at radius 2 is 1.82 bits per heavy atom. The van der Waals surface area contributed by atoms with Crippen molar-refractivity contribution in [1.29, 1.82) is 0 Å². The SMILES string of the molecule is CC(C)CC(NC(=O)c1ccc(N(C)c2ncc[nH]2)cc1-c1cccc2ccccc12)C(=O)O. The van der Waals surface area contributed by atoms with Gasteiger partial charge in [-0.25, -0.2) is 9.78 Å². The van der Waals surface area contributed by atoms with Crippen LogP contribution in [0.15, 0.2) is 73.1 Å². The fraction of sp³-hybridized carbons (Fsp3) is 0.222. The third-order valence-corrected chi connectivity index (χ3v) is 5.83. The molecule has 7 nitrogen and oxygen atoms in total. The van der Waals surface area contributed by atoms with Crippen molar-refractivity contribution in [2.24, 2.45) is 5.92 Å². The first kappa shape index (κ1) is 23.0. The minimum absolute atomic E-state index is 0.128. The third-order valence-electron chi connectivity index (χ3n) is 5.83. The number of imidazole rings is 1. The van der Waals surface area contributed by atoms with E-state index in [1.165, 1.54) is 0 Å². The zero-order valence-corrected chi connectivity index (χ0v) is 19.4. The van der Waals surface area contributed by atoms with E-state index in [0.717, 1.165) is 27.6 Å². The second kappa shape index (κ2) is 9.79. The molecule has 0 fully saturated rings. The number of amides is 1. The second-order valence-corrected chi connectivity index (χ2v) is 8.72. The number of rotatable bonds is 8. The summed E-state index contributed by atoms with van der Waals surface area (Å²) in [6.45, 7) is 3.87. The molecule has 7 heteroatoms. The Morgan fingerprint density at radius 3 is 2.53 bits per heavy atom. The number of nitrogens with zero attached hydrogens (tertiary/aromatic N) is 2. The van der Waals surface area contributed by atoms with E-state index >= 15 is 0 Å². The lowest BCUT2D eigenvalue weighted by molar-refractivity contribution is -0.139. The molecule has 174 valence electrons. The van der Waals surface area contributed by atoms with E-state index in [9.17, 15) is 14.7 Å². The van der Waals surface area contributed by atoms with Crippen molar-refractivity contribution in [2.45, 2.75) is 26.3 Å². The van der Waals surface area contributed by atoms with Crippen LogP contribution in [-0.4, -0.2) is 40.0 Å². The largest absolute Gasteiger partial charge is 0.480 e. The molecule has 1 atom stereocenters. The number of fused-ring (bicyclic) bond motifs is 1. The molecule has 1 unspecified atom stereocenters. The number of aliphatic carboxylic acids is 1. The first-order chi connectivity index (χ1) is 16.3. The van der Waals surface area contributed by atoms with Gasteiger partial charge in [0, 0.05) is 30.7 Å². The van der Waals surface area contributed by atoms with Crippen LogP contribution in [0.5, 0.6) is 0 Å². The number of hydrogen-bond acceptors (Lipinski definition) is 4. The van der Waals surface area contributed by atoms with E-state index in [0.29, 0.717) is 17.9 Å². The van der Waals surface area contributed by atoms with Gasteiger partial charge in [0.05, 0.1) is 0 Å². The summed E-state index contributed by atoms with van der Waals surface area (Å²) in [5, 5.41) is 14.4. The van der Waals surface area contributed by atoms with Crippen molar-refractivity contribution >= 4 is 34.3 Å². The number of carboxylic acid groups (broad SMARTS) is 1. The molecule has 0 spiro atoms. The highest BCUT2D eigenvalue weighted by Gasteiger charge is 2.24. The molecule has 0 saturated heterocycles. The number of benzene rings is 3. The predicted molar refractivity (Wildman–Crippen MR) is 134 cm³/mol. The Balaban J connectivity index is 1.83. The highest BCUT2D eigenvalue weighted by Crippen LogP contribution is 2.35. The first-order valence-electron chi connectivity index (χ1n) is 11.2. The number of aromatic nitrogens is 2. The van der Waals surface area contributed by atoms with E-state index < -0.39 is 17.9 Å². The van der Waals surface area contributed by atoms with Gasteiger partial charge in [0.15, 0.2) is 0 Å². The molecular weight excluding hydrogens is 428 g/mol. The Bertz CT molecular complexity index is 1310. The molecule has 0 aliphatic rings. The lowest BCUT2D eigenvalue weighted by Gasteiger charge is -2.21. The summed E-state index contributed by atoms with van der Waals surface area (Å²) in [7, 11) is 1.89.